The van der Waals surface area contributed by atoms with E-state index in [4.69, 9.17) is 4.99 Å². The molecule has 1 aliphatic rings. The Kier molecular flexibility index (Phi) is 4.80. The lowest BCUT2D eigenvalue weighted by molar-refractivity contribution is 0.976. The third-order valence-electron chi connectivity index (χ3n) is 3.01. The monoisotopic (exact) mass is 269 g/mol. The zero-order chi connectivity index (χ0) is 13.7. The molecule has 0 spiro atoms. The molecule has 1 heterocycles. The fourth-order valence-corrected chi connectivity index (χ4v) is 2.68. The summed E-state index contributed by atoms with van der Waals surface area (Å²) >= 11 is 1.85. The summed E-state index contributed by atoms with van der Waals surface area (Å²) in [5.74, 6) is 1.65. The van der Waals surface area contributed by atoms with Crippen molar-refractivity contribution in [3.05, 3.63) is 65.6 Å². The van der Waals surface area contributed by atoms with E-state index in [0.717, 1.165) is 22.7 Å². The molecule has 19 heavy (non-hydrogen) atoms. The molecule has 0 bridgehead atoms. The van der Waals surface area contributed by atoms with E-state index in [1.165, 1.54) is 5.56 Å². The van der Waals surface area contributed by atoms with Crippen LogP contribution in [0.25, 0.3) is 0 Å². The van der Waals surface area contributed by atoms with Gasteiger partial charge in [0.1, 0.15) is 0 Å². The zero-order valence-electron chi connectivity index (χ0n) is 11.5. The summed E-state index contributed by atoms with van der Waals surface area (Å²) in [5, 5.41) is 2.16. The van der Waals surface area contributed by atoms with Crippen LogP contribution in [0.2, 0.25) is 0 Å². The Hall–Kier alpha value is -1.54. The van der Waals surface area contributed by atoms with E-state index in [-0.39, 0.29) is 0 Å². The maximum atomic E-state index is 4.72. The first-order chi connectivity index (χ1) is 9.16. The van der Waals surface area contributed by atoms with Crippen LogP contribution in [0.1, 0.15) is 12.5 Å². The van der Waals surface area contributed by atoms with Crippen molar-refractivity contribution in [3.63, 3.8) is 0 Å². The van der Waals surface area contributed by atoms with Gasteiger partial charge >= 0.3 is 0 Å². The summed E-state index contributed by atoms with van der Waals surface area (Å²) in [5.41, 5.74) is 4.15. The minimum absolute atomic E-state index is 0.520. The summed E-state index contributed by atoms with van der Waals surface area (Å²) in [6.07, 6.45) is 6.53. The number of aryl methyl sites for hydroxylation is 1. The van der Waals surface area contributed by atoms with Gasteiger partial charge in [-0.05, 0) is 42.5 Å². The highest BCUT2D eigenvalue weighted by molar-refractivity contribution is 8.02. The van der Waals surface area contributed by atoms with Crippen molar-refractivity contribution in [1.82, 2.24) is 0 Å². The van der Waals surface area contributed by atoms with Crippen LogP contribution in [0.3, 0.4) is 0 Å². The molecular formula is C17H19NS. The molecule has 1 nitrogen and oxygen atoms in total. The number of thioether (sulfide) groups is 1. The average molecular weight is 269 g/mol. The molecule has 2 heteroatoms. The summed E-state index contributed by atoms with van der Waals surface area (Å²) < 4.78 is 0. The third kappa shape index (κ3) is 3.97. The van der Waals surface area contributed by atoms with E-state index in [1.54, 1.807) is 0 Å². The standard InChI is InChI=1S/C17H19NS/c1-13(2)16(9-8-15-10-11-19-12-15)18-17-7-5-4-6-14(17)3/h4-11,15H,1,12H2,2-3H3/b9-8+,18-16?. The molecule has 1 atom stereocenters. The number of hydrogen-bond acceptors (Lipinski definition) is 2. The van der Waals surface area contributed by atoms with Gasteiger partial charge in [0.15, 0.2) is 0 Å². The van der Waals surface area contributed by atoms with E-state index in [2.05, 4.69) is 43.2 Å². The first-order valence-corrected chi connectivity index (χ1v) is 7.48. The Balaban J connectivity index is 2.22. The largest absolute Gasteiger partial charge is 0.249 e. The molecule has 0 aromatic heterocycles. The van der Waals surface area contributed by atoms with Gasteiger partial charge in [-0.15, -0.1) is 11.8 Å². The molecule has 1 aromatic carbocycles. The zero-order valence-corrected chi connectivity index (χ0v) is 12.3. The van der Waals surface area contributed by atoms with E-state index in [0.29, 0.717) is 5.92 Å². The minimum atomic E-state index is 0.520. The van der Waals surface area contributed by atoms with Gasteiger partial charge in [-0.3, -0.25) is 0 Å². The van der Waals surface area contributed by atoms with E-state index < -0.39 is 0 Å². The molecular weight excluding hydrogens is 250 g/mol. The summed E-state index contributed by atoms with van der Waals surface area (Å²) in [4.78, 5) is 4.72. The Morgan fingerprint density at radius 1 is 1.42 bits per heavy atom. The predicted molar refractivity (Wildman–Crippen MR) is 87.3 cm³/mol. The smallest absolute Gasteiger partial charge is 0.0666 e. The lowest BCUT2D eigenvalue weighted by Crippen LogP contribution is -1.97. The lowest BCUT2D eigenvalue weighted by Gasteiger charge is -2.04. The molecule has 0 radical (unpaired) electrons. The maximum Gasteiger partial charge on any atom is 0.0666 e. The second kappa shape index (κ2) is 6.58. The van der Waals surface area contributed by atoms with Crippen LogP contribution in [0.15, 0.2) is 65.0 Å². The van der Waals surface area contributed by atoms with E-state index in [9.17, 15) is 0 Å². The van der Waals surface area contributed by atoms with Crippen LogP contribution >= 0.6 is 11.8 Å². The van der Waals surface area contributed by atoms with Gasteiger partial charge in [0.25, 0.3) is 0 Å². The first-order valence-electron chi connectivity index (χ1n) is 6.43. The van der Waals surface area contributed by atoms with Gasteiger partial charge in [0.2, 0.25) is 0 Å². The van der Waals surface area contributed by atoms with Gasteiger partial charge < -0.3 is 0 Å². The second-order valence-electron chi connectivity index (χ2n) is 4.75. The van der Waals surface area contributed by atoms with Crippen LogP contribution in [0.4, 0.5) is 5.69 Å². The third-order valence-corrected chi connectivity index (χ3v) is 3.93. The van der Waals surface area contributed by atoms with Crippen molar-refractivity contribution < 1.29 is 0 Å². The molecule has 0 saturated heterocycles. The highest BCUT2D eigenvalue weighted by Gasteiger charge is 2.06. The molecule has 0 N–H and O–H groups in total. The first kappa shape index (κ1) is 13.9. The molecule has 1 aliphatic heterocycles. The minimum Gasteiger partial charge on any atom is -0.249 e. The predicted octanol–water partition coefficient (Wildman–Crippen LogP) is 5.08. The lowest BCUT2D eigenvalue weighted by atomic mass is 10.1. The molecule has 0 fully saturated rings. The molecule has 0 amide bonds. The van der Waals surface area contributed by atoms with Gasteiger partial charge in [0.05, 0.1) is 11.4 Å². The Morgan fingerprint density at radius 2 is 2.21 bits per heavy atom. The summed E-state index contributed by atoms with van der Waals surface area (Å²) in [6.45, 7) is 8.10. The van der Waals surface area contributed by atoms with Crippen molar-refractivity contribution in [2.75, 3.05) is 5.75 Å². The van der Waals surface area contributed by atoms with Crippen molar-refractivity contribution in [2.24, 2.45) is 10.9 Å². The van der Waals surface area contributed by atoms with Gasteiger partial charge in [-0.2, -0.15) is 0 Å². The second-order valence-corrected chi connectivity index (χ2v) is 5.69. The van der Waals surface area contributed by atoms with Crippen LogP contribution < -0.4 is 0 Å². The molecule has 1 unspecified atom stereocenters. The van der Waals surface area contributed by atoms with Crippen LogP contribution in [0, 0.1) is 12.8 Å². The highest BCUT2D eigenvalue weighted by atomic mass is 32.2. The molecule has 0 aliphatic carbocycles. The SMILES string of the molecule is C=C(C)C(/C=C/C1C=CSC1)=Nc1ccccc1C. The molecule has 0 saturated carbocycles. The van der Waals surface area contributed by atoms with Crippen molar-refractivity contribution >= 4 is 23.2 Å². The van der Waals surface area contributed by atoms with E-state index in [1.807, 2.05) is 36.9 Å². The normalized spacial score (nSPS) is 19.3. The van der Waals surface area contributed by atoms with E-state index >= 15 is 0 Å². The molecule has 98 valence electrons. The number of para-hydroxylation sites is 1. The molecule has 2 rings (SSSR count). The topological polar surface area (TPSA) is 12.4 Å². The summed E-state index contributed by atoms with van der Waals surface area (Å²) in [6, 6.07) is 8.17. The Bertz CT molecular complexity index is 552. The van der Waals surface area contributed by atoms with Gasteiger partial charge in [-0.1, -0.05) is 36.9 Å². The van der Waals surface area contributed by atoms with Gasteiger partial charge in [0, 0.05) is 11.7 Å². The number of benzene rings is 1. The number of nitrogens with zero attached hydrogens (tertiary/aromatic N) is 1. The Labute approximate surface area is 119 Å². The number of aliphatic imine (C=N–C) groups is 1. The van der Waals surface area contributed by atoms with Crippen molar-refractivity contribution in [2.45, 2.75) is 13.8 Å². The number of rotatable bonds is 4. The fraction of sp³-hybridized carbons (Fsp3) is 0.235. The highest BCUT2D eigenvalue weighted by Crippen LogP contribution is 2.22. The average Bonchev–Trinajstić information content (AvgIpc) is 2.89. The quantitative estimate of drug-likeness (QED) is 0.695. The summed E-state index contributed by atoms with van der Waals surface area (Å²) in [7, 11) is 0. The Morgan fingerprint density at radius 3 is 2.84 bits per heavy atom. The fourth-order valence-electron chi connectivity index (χ4n) is 1.81. The van der Waals surface area contributed by atoms with Crippen molar-refractivity contribution in [1.29, 1.82) is 0 Å². The van der Waals surface area contributed by atoms with Crippen LogP contribution in [-0.2, 0) is 0 Å². The van der Waals surface area contributed by atoms with Crippen LogP contribution in [0.5, 0.6) is 0 Å². The van der Waals surface area contributed by atoms with Crippen molar-refractivity contribution in [3.8, 4) is 0 Å². The number of hydrogen-bond donors (Lipinski definition) is 0. The number of allylic oxidation sites excluding steroid dienone is 4. The maximum absolute atomic E-state index is 4.72. The van der Waals surface area contributed by atoms with Crippen LogP contribution in [-0.4, -0.2) is 11.5 Å². The molecule has 1 aromatic rings. The van der Waals surface area contributed by atoms with Gasteiger partial charge in [-0.25, -0.2) is 4.99 Å².